The first kappa shape index (κ1) is 12.3. The molecule has 0 saturated heterocycles. The zero-order valence-corrected chi connectivity index (χ0v) is 10.5. The molecule has 1 heterocycles. The molecule has 0 unspecified atom stereocenters. The van der Waals surface area contributed by atoms with Crippen LogP contribution in [0.5, 0.6) is 5.75 Å². The highest BCUT2D eigenvalue weighted by molar-refractivity contribution is 5.83. The lowest BCUT2D eigenvalue weighted by molar-refractivity contribution is -0.384. The van der Waals surface area contributed by atoms with Crippen molar-refractivity contribution in [2.24, 2.45) is 0 Å². The maximum Gasteiger partial charge on any atom is 0.270 e. The van der Waals surface area contributed by atoms with E-state index in [0.717, 1.165) is 29.6 Å². The SMILES string of the molecule is O=Cc1cc2c(c(-c3cccc([N+](=O)[O-])c3)c1)OCC2. The summed E-state index contributed by atoms with van der Waals surface area (Å²) >= 11 is 0. The van der Waals surface area contributed by atoms with E-state index < -0.39 is 4.92 Å². The predicted octanol–water partition coefficient (Wildman–Crippen LogP) is 3.01. The maximum absolute atomic E-state index is 11.0. The summed E-state index contributed by atoms with van der Waals surface area (Å²) in [7, 11) is 0. The van der Waals surface area contributed by atoms with Gasteiger partial charge in [0.15, 0.2) is 0 Å². The average molecular weight is 269 g/mol. The van der Waals surface area contributed by atoms with Crippen LogP contribution in [0.2, 0.25) is 0 Å². The van der Waals surface area contributed by atoms with Crippen LogP contribution in [0.1, 0.15) is 15.9 Å². The average Bonchev–Trinajstić information content (AvgIpc) is 2.94. The first-order valence-electron chi connectivity index (χ1n) is 6.19. The van der Waals surface area contributed by atoms with E-state index in [9.17, 15) is 14.9 Å². The molecule has 2 aromatic rings. The van der Waals surface area contributed by atoms with E-state index in [2.05, 4.69) is 0 Å². The summed E-state index contributed by atoms with van der Waals surface area (Å²) in [6.07, 6.45) is 1.53. The summed E-state index contributed by atoms with van der Waals surface area (Å²) in [5.41, 5.74) is 2.95. The molecule has 1 aliphatic heterocycles. The molecule has 20 heavy (non-hydrogen) atoms. The van der Waals surface area contributed by atoms with Gasteiger partial charge in [0.05, 0.1) is 11.5 Å². The number of hydrogen-bond donors (Lipinski definition) is 0. The standard InChI is InChI=1S/C15H11NO4/c17-9-10-6-12-4-5-20-15(12)14(7-10)11-2-1-3-13(8-11)16(18)19/h1-3,6-9H,4-5H2. The molecule has 5 nitrogen and oxygen atoms in total. The molecule has 2 aromatic carbocycles. The Balaban J connectivity index is 2.19. The minimum Gasteiger partial charge on any atom is -0.492 e. The lowest BCUT2D eigenvalue weighted by Crippen LogP contribution is -1.92. The van der Waals surface area contributed by atoms with E-state index in [1.807, 2.05) is 0 Å². The fraction of sp³-hybridized carbons (Fsp3) is 0.133. The molecule has 1 aliphatic rings. The third-order valence-electron chi connectivity index (χ3n) is 3.31. The number of carbonyl (C=O) groups is 1. The van der Waals surface area contributed by atoms with E-state index in [1.165, 1.54) is 12.1 Å². The molecule has 0 atom stereocenters. The summed E-state index contributed by atoms with van der Waals surface area (Å²) in [6, 6.07) is 9.84. The van der Waals surface area contributed by atoms with Crippen LogP contribution in [-0.4, -0.2) is 17.8 Å². The van der Waals surface area contributed by atoms with Crippen molar-refractivity contribution < 1.29 is 14.5 Å². The zero-order chi connectivity index (χ0) is 14.1. The van der Waals surface area contributed by atoms with Gasteiger partial charge in [-0.15, -0.1) is 0 Å². The third kappa shape index (κ3) is 2.03. The van der Waals surface area contributed by atoms with E-state index in [1.54, 1.807) is 24.3 Å². The molecule has 3 rings (SSSR count). The highest BCUT2D eigenvalue weighted by atomic mass is 16.6. The summed E-state index contributed by atoms with van der Waals surface area (Å²) in [6.45, 7) is 0.569. The Morgan fingerprint density at radius 2 is 2.10 bits per heavy atom. The van der Waals surface area contributed by atoms with E-state index >= 15 is 0 Å². The van der Waals surface area contributed by atoms with E-state index in [4.69, 9.17) is 4.74 Å². The predicted molar refractivity (Wildman–Crippen MR) is 73.1 cm³/mol. The first-order valence-corrected chi connectivity index (χ1v) is 6.19. The normalized spacial score (nSPS) is 12.6. The number of rotatable bonds is 3. The fourth-order valence-electron chi connectivity index (χ4n) is 2.40. The summed E-state index contributed by atoms with van der Waals surface area (Å²) < 4.78 is 5.60. The van der Waals surface area contributed by atoms with Crippen molar-refractivity contribution in [3.8, 4) is 16.9 Å². The molecule has 100 valence electrons. The van der Waals surface area contributed by atoms with Gasteiger partial charge in [-0.3, -0.25) is 14.9 Å². The third-order valence-corrected chi connectivity index (χ3v) is 3.31. The van der Waals surface area contributed by atoms with E-state index in [0.29, 0.717) is 17.7 Å². The Bertz CT molecular complexity index is 709. The molecule has 0 spiro atoms. The lowest BCUT2D eigenvalue weighted by atomic mass is 9.98. The first-order chi connectivity index (χ1) is 9.69. The molecule has 0 fully saturated rings. The van der Waals surface area contributed by atoms with Crippen molar-refractivity contribution >= 4 is 12.0 Å². The summed E-state index contributed by atoms with van der Waals surface area (Å²) in [5, 5.41) is 10.9. The molecule has 0 amide bonds. The number of fused-ring (bicyclic) bond motifs is 1. The topological polar surface area (TPSA) is 69.4 Å². The van der Waals surface area contributed by atoms with Crippen LogP contribution in [0.15, 0.2) is 36.4 Å². The van der Waals surface area contributed by atoms with Gasteiger partial charge in [0.2, 0.25) is 0 Å². The van der Waals surface area contributed by atoms with Crippen LogP contribution in [0.4, 0.5) is 5.69 Å². The Morgan fingerprint density at radius 1 is 1.25 bits per heavy atom. The van der Waals surface area contributed by atoms with Crippen LogP contribution in [-0.2, 0) is 6.42 Å². The number of ether oxygens (including phenoxy) is 1. The summed E-state index contributed by atoms with van der Waals surface area (Å²) in [4.78, 5) is 21.4. The quantitative estimate of drug-likeness (QED) is 0.488. The van der Waals surface area contributed by atoms with Crippen LogP contribution in [0.25, 0.3) is 11.1 Å². The second-order valence-electron chi connectivity index (χ2n) is 4.58. The number of hydrogen-bond acceptors (Lipinski definition) is 4. The molecule has 0 bridgehead atoms. The van der Waals surface area contributed by atoms with Gasteiger partial charge < -0.3 is 4.74 Å². The number of nitrogens with zero attached hydrogens (tertiary/aromatic N) is 1. The van der Waals surface area contributed by atoms with Gasteiger partial charge in [0.25, 0.3) is 5.69 Å². The lowest BCUT2D eigenvalue weighted by Gasteiger charge is -2.09. The van der Waals surface area contributed by atoms with Crippen molar-refractivity contribution in [2.75, 3.05) is 6.61 Å². The molecular formula is C15H11NO4. The molecule has 5 heteroatoms. The zero-order valence-electron chi connectivity index (χ0n) is 10.5. The van der Waals surface area contributed by atoms with Gasteiger partial charge in [0, 0.05) is 29.7 Å². The van der Waals surface area contributed by atoms with Gasteiger partial charge in [-0.05, 0) is 23.3 Å². The highest BCUT2D eigenvalue weighted by Gasteiger charge is 2.20. The van der Waals surface area contributed by atoms with Crippen molar-refractivity contribution in [2.45, 2.75) is 6.42 Å². The minimum absolute atomic E-state index is 0.0192. The van der Waals surface area contributed by atoms with Crippen LogP contribution >= 0.6 is 0 Å². The van der Waals surface area contributed by atoms with Crippen LogP contribution in [0, 0.1) is 10.1 Å². The number of nitro groups is 1. The number of benzene rings is 2. The number of nitro benzene ring substituents is 1. The molecule has 0 saturated carbocycles. The smallest absolute Gasteiger partial charge is 0.270 e. The summed E-state index contributed by atoms with van der Waals surface area (Å²) in [5.74, 6) is 0.719. The Labute approximate surface area is 115 Å². The molecule has 0 aromatic heterocycles. The Morgan fingerprint density at radius 3 is 2.85 bits per heavy atom. The fourth-order valence-corrected chi connectivity index (χ4v) is 2.40. The van der Waals surface area contributed by atoms with Crippen molar-refractivity contribution in [1.29, 1.82) is 0 Å². The molecule has 0 N–H and O–H groups in total. The van der Waals surface area contributed by atoms with Crippen molar-refractivity contribution in [3.63, 3.8) is 0 Å². The monoisotopic (exact) mass is 269 g/mol. The Hall–Kier alpha value is -2.69. The molecular weight excluding hydrogens is 258 g/mol. The molecule has 0 radical (unpaired) electrons. The second kappa shape index (κ2) is 4.77. The Kier molecular flexibility index (Phi) is 2.95. The van der Waals surface area contributed by atoms with Crippen molar-refractivity contribution in [3.05, 3.63) is 57.6 Å². The van der Waals surface area contributed by atoms with Gasteiger partial charge in [-0.25, -0.2) is 0 Å². The van der Waals surface area contributed by atoms with Crippen molar-refractivity contribution in [1.82, 2.24) is 0 Å². The number of aldehydes is 1. The largest absolute Gasteiger partial charge is 0.492 e. The van der Waals surface area contributed by atoms with Gasteiger partial charge in [-0.1, -0.05) is 12.1 Å². The molecule has 0 aliphatic carbocycles. The van der Waals surface area contributed by atoms with Crippen LogP contribution < -0.4 is 4.74 Å². The number of non-ortho nitro benzene ring substituents is 1. The van der Waals surface area contributed by atoms with Gasteiger partial charge in [0.1, 0.15) is 12.0 Å². The number of carbonyl (C=O) groups excluding carboxylic acids is 1. The van der Waals surface area contributed by atoms with Gasteiger partial charge >= 0.3 is 0 Å². The van der Waals surface area contributed by atoms with E-state index in [-0.39, 0.29) is 5.69 Å². The maximum atomic E-state index is 11.0. The minimum atomic E-state index is -0.436. The second-order valence-corrected chi connectivity index (χ2v) is 4.58. The van der Waals surface area contributed by atoms with Gasteiger partial charge in [-0.2, -0.15) is 0 Å². The van der Waals surface area contributed by atoms with Crippen LogP contribution in [0.3, 0.4) is 0 Å². The highest BCUT2D eigenvalue weighted by Crippen LogP contribution is 2.38.